The number of aromatic amines is 1. The van der Waals surface area contributed by atoms with Crippen LogP contribution in [0.15, 0.2) is 42.6 Å². The van der Waals surface area contributed by atoms with Crippen molar-refractivity contribution in [3.8, 4) is 22.5 Å². The zero-order chi connectivity index (χ0) is 22.0. The molecule has 0 saturated carbocycles. The molecule has 1 aromatic carbocycles. The summed E-state index contributed by atoms with van der Waals surface area (Å²) in [6.07, 6.45) is -1.05. The van der Waals surface area contributed by atoms with Gasteiger partial charge in [0.2, 0.25) is 11.9 Å². The number of aromatic nitrogens is 3. The molecular weight excluding hydrogens is 407 g/mol. The molecule has 1 aliphatic rings. The zero-order valence-electron chi connectivity index (χ0n) is 16.9. The topological polar surface area (TPSA) is 82.7 Å². The minimum Gasteiger partial charge on any atom is -0.358 e. The first-order valence-electron chi connectivity index (χ1n) is 10.0. The molecule has 3 heterocycles. The Bertz CT molecular complexity index is 1090. The number of amides is 1. The summed E-state index contributed by atoms with van der Waals surface area (Å²) in [5.74, 6) is 0.112. The van der Waals surface area contributed by atoms with Gasteiger partial charge < -0.3 is 10.3 Å². The highest BCUT2D eigenvalue weighted by Gasteiger charge is 2.31. The largest absolute Gasteiger partial charge is 0.416 e. The first kappa shape index (κ1) is 21.0. The average Bonchev–Trinajstić information content (AvgIpc) is 3.19. The summed E-state index contributed by atoms with van der Waals surface area (Å²) in [4.78, 5) is 23.2. The minimum absolute atomic E-state index is 0.143. The van der Waals surface area contributed by atoms with E-state index in [0.29, 0.717) is 22.5 Å². The van der Waals surface area contributed by atoms with Crippen molar-refractivity contribution in [1.29, 1.82) is 0 Å². The van der Waals surface area contributed by atoms with Crippen molar-refractivity contribution < 1.29 is 18.0 Å². The Morgan fingerprint density at radius 3 is 2.65 bits per heavy atom. The van der Waals surface area contributed by atoms with Crippen molar-refractivity contribution in [2.75, 3.05) is 18.4 Å². The number of halogens is 3. The van der Waals surface area contributed by atoms with Gasteiger partial charge in [0.1, 0.15) is 0 Å². The number of H-pyrrole nitrogens is 1. The molecule has 1 aliphatic heterocycles. The highest BCUT2D eigenvalue weighted by Crippen LogP contribution is 2.38. The van der Waals surface area contributed by atoms with Gasteiger partial charge in [0, 0.05) is 30.3 Å². The van der Waals surface area contributed by atoms with Gasteiger partial charge in [-0.1, -0.05) is 12.1 Å². The van der Waals surface area contributed by atoms with Crippen molar-refractivity contribution in [2.24, 2.45) is 0 Å². The Labute approximate surface area is 177 Å². The number of benzene rings is 1. The third-order valence-electron chi connectivity index (χ3n) is 5.32. The van der Waals surface area contributed by atoms with Crippen molar-refractivity contribution >= 4 is 11.9 Å². The van der Waals surface area contributed by atoms with Gasteiger partial charge in [-0.25, -0.2) is 9.97 Å². The van der Waals surface area contributed by atoms with E-state index in [1.807, 2.05) is 6.07 Å². The van der Waals surface area contributed by atoms with Crippen LogP contribution in [0.1, 0.15) is 36.9 Å². The summed E-state index contributed by atoms with van der Waals surface area (Å²) in [6.45, 7) is 3.13. The molecule has 162 valence electrons. The number of piperidine rings is 1. The van der Waals surface area contributed by atoms with E-state index in [2.05, 4.69) is 25.6 Å². The van der Waals surface area contributed by atoms with Gasteiger partial charge in [0.25, 0.3) is 0 Å². The maximum Gasteiger partial charge on any atom is 0.416 e. The van der Waals surface area contributed by atoms with Gasteiger partial charge in [-0.05, 0) is 55.8 Å². The van der Waals surface area contributed by atoms with Crippen molar-refractivity contribution in [3.63, 3.8) is 0 Å². The number of rotatable bonds is 4. The Morgan fingerprint density at radius 1 is 1.16 bits per heavy atom. The molecule has 3 N–H and O–H groups in total. The highest BCUT2D eigenvalue weighted by atomic mass is 19.4. The van der Waals surface area contributed by atoms with Crippen molar-refractivity contribution in [1.82, 2.24) is 20.3 Å². The number of hydrogen-bond donors (Lipinski definition) is 3. The lowest BCUT2D eigenvalue weighted by Gasteiger charge is -2.21. The van der Waals surface area contributed by atoms with Crippen LogP contribution >= 0.6 is 0 Å². The van der Waals surface area contributed by atoms with Crippen LogP contribution in [0.25, 0.3) is 22.5 Å². The molecule has 3 aromatic rings. The molecule has 0 unspecified atom stereocenters. The molecule has 0 bridgehead atoms. The summed E-state index contributed by atoms with van der Waals surface area (Å²) in [6, 6.07) is 8.86. The normalized spacial score (nSPS) is 15.1. The molecule has 1 amide bonds. The predicted octanol–water partition coefficient (Wildman–Crippen LogP) is 4.58. The smallest absolute Gasteiger partial charge is 0.358 e. The van der Waals surface area contributed by atoms with Crippen LogP contribution in [-0.2, 0) is 11.0 Å². The molecule has 1 fully saturated rings. The molecular formula is C22H22F3N5O. The molecule has 9 heteroatoms. The summed E-state index contributed by atoms with van der Waals surface area (Å²) < 4.78 is 39.9. The summed E-state index contributed by atoms with van der Waals surface area (Å²) in [5, 5.41) is 5.86. The second-order valence-corrected chi connectivity index (χ2v) is 7.56. The molecule has 0 spiro atoms. The van der Waals surface area contributed by atoms with Crippen molar-refractivity contribution in [2.45, 2.75) is 31.9 Å². The Kier molecular flexibility index (Phi) is 5.77. The van der Waals surface area contributed by atoms with E-state index in [1.54, 1.807) is 12.1 Å². The maximum atomic E-state index is 13.3. The van der Waals surface area contributed by atoms with Crippen LogP contribution in [0.2, 0.25) is 0 Å². The monoisotopic (exact) mass is 429 g/mol. The molecule has 1 saturated heterocycles. The minimum atomic E-state index is -4.44. The van der Waals surface area contributed by atoms with Gasteiger partial charge in [-0.2, -0.15) is 13.2 Å². The Balaban J connectivity index is 1.82. The lowest BCUT2D eigenvalue weighted by atomic mass is 9.94. The third-order valence-corrected chi connectivity index (χ3v) is 5.32. The Hall–Kier alpha value is -3.20. The third kappa shape index (κ3) is 4.77. The van der Waals surface area contributed by atoms with Gasteiger partial charge in [0.15, 0.2) is 0 Å². The van der Waals surface area contributed by atoms with Crippen molar-refractivity contribution in [3.05, 3.63) is 53.9 Å². The lowest BCUT2D eigenvalue weighted by Crippen LogP contribution is -2.26. The van der Waals surface area contributed by atoms with Crippen LogP contribution in [0, 0.1) is 0 Å². The second-order valence-electron chi connectivity index (χ2n) is 7.56. The summed E-state index contributed by atoms with van der Waals surface area (Å²) in [5.41, 5.74) is 2.42. The number of carbonyl (C=O) groups excluding carboxylic acids is 1. The molecule has 6 nitrogen and oxygen atoms in total. The first-order chi connectivity index (χ1) is 14.8. The molecule has 0 radical (unpaired) electrons. The number of anilines is 1. The molecule has 4 rings (SSSR count). The second kappa shape index (κ2) is 8.50. The Morgan fingerprint density at radius 2 is 1.94 bits per heavy atom. The number of alkyl halides is 3. The first-order valence-corrected chi connectivity index (χ1v) is 10.0. The number of nitrogens with one attached hydrogen (secondary N) is 3. The van der Waals surface area contributed by atoms with Crippen LogP contribution in [-0.4, -0.2) is 33.9 Å². The van der Waals surface area contributed by atoms with Gasteiger partial charge in [-0.15, -0.1) is 0 Å². The average molecular weight is 429 g/mol. The fraction of sp³-hybridized carbons (Fsp3) is 0.318. The zero-order valence-corrected chi connectivity index (χ0v) is 16.9. The van der Waals surface area contributed by atoms with E-state index < -0.39 is 11.7 Å². The predicted molar refractivity (Wildman–Crippen MR) is 111 cm³/mol. The van der Waals surface area contributed by atoms with Gasteiger partial charge >= 0.3 is 6.18 Å². The molecule has 0 aliphatic carbocycles. The van der Waals surface area contributed by atoms with E-state index in [9.17, 15) is 18.0 Å². The lowest BCUT2D eigenvalue weighted by molar-refractivity contribution is -0.137. The summed E-state index contributed by atoms with van der Waals surface area (Å²) in [7, 11) is 0. The van der Waals surface area contributed by atoms with Crippen LogP contribution < -0.4 is 10.6 Å². The SMILES string of the molecule is CC(=O)Nc1nccc(-c2cc(C3CCNCC3)[nH]c2-c2cccc(C(F)(F)F)c2)n1. The fourth-order valence-corrected chi connectivity index (χ4v) is 3.84. The quantitative estimate of drug-likeness (QED) is 0.567. The van der Waals surface area contributed by atoms with Crippen LogP contribution in [0.4, 0.5) is 19.1 Å². The van der Waals surface area contributed by atoms with E-state index in [4.69, 9.17) is 0 Å². The summed E-state index contributed by atoms with van der Waals surface area (Å²) >= 11 is 0. The van der Waals surface area contributed by atoms with E-state index in [-0.39, 0.29) is 17.8 Å². The van der Waals surface area contributed by atoms with Gasteiger partial charge in [0.05, 0.1) is 17.0 Å². The number of hydrogen-bond acceptors (Lipinski definition) is 4. The molecule has 31 heavy (non-hydrogen) atoms. The van der Waals surface area contributed by atoms with Crippen LogP contribution in [0.3, 0.4) is 0 Å². The van der Waals surface area contributed by atoms with E-state index in [1.165, 1.54) is 19.2 Å². The standard InChI is InChI=1S/C22H22F3N5O/c1-13(31)28-21-27-10-7-18(30-21)17-12-19(14-5-8-26-9-6-14)29-20(17)15-3-2-4-16(11-15)22(23,24)25/h2-4,7,10-12,14,26,29H,5-6,8-9H2,1H3,(H,27,28,30,31). The highest BCUT2D eigenvalue weighted by molar-refractivity contribution is 5.87. The maximum absolute atomic E-state index is 13.3. The molecule has 0 atom stereocenters. The molecule has 2 aromatic heterocycles. The van der Waals surface area contributed by atoms with E-state index >= 15 is 0 Å². The fourth-order valence-electron chi connectivity index (χ4n) is 3.84. The number of carbonyl (C=O) groups is 1. The number of nitrogens with zero attached hydrogens (tertiary/aromatic N) is 2. The van der Waals surface area contributed by atoms with Crippen LogP contribution in [0.5, 0.6) is 0 Å². The van der Waals surface area contributed by atoms with E-state index in [0.717, 1.165) is 43.8 Å². The van der Waals surface area contributed by atoms with Gasteiger partial charge in [-0.3, -0.25) is 10.1 Å².